The van der Waals surface area contributed by atoms with E-state index in [1.54, 1.807) is 59.3 Å². The predicted molar refractivity (Wildman–Crippen MR) is 201 cm³/mol. The molecule has 3 amide bonds. The van der Waals surface area contributed by atoms with E-state index < -0.39 is 17.7 Å². The molecule has 0 spiro atoms. The molecule has 10 nitrogen and oxygen atoms in total. The summed E-state index contributed by atoms with van der Waals surface area (Å²) in [6.45, 7) is 5.64. The van der Waals surface area contributed by atoms with E-state index in [-0.39, 0.29) is 17.9 Å². The second kappa shape index (κ2) is 15.5. The number of alkyl carbamates (subject to hydrolysis) is 1. The van der Waals surface area contributed by atoms with Gasteiger partial charge in [-0.1, -0.05) is 60.7 Å². The topological polar surface area (TPSA) is 119 Å². The first-order valence-electron chi connectivity index (χ1n) is 17.4. The molecule has 2 bridgehead atoms. The van der Waals surface area contributed by atoms with Gasteiger partial charge >= 0.3 is 6.09 Å². The van der Waals surface area contributed by atoms with E-state index in [0.29, 0.717) is 69.0 Å². The molecule has 2 aliphatic carbocycles. The highest BCUT2D eigenvalue weighted by molar-refractivity contribution is 8.26. The van der Waals surface area contributed by atoms with Crippen molar-refractivity contribution in [2.24, 2.45) is 11.8 Å². The van der Waals surface area contributed by atoms with Crippen LogP contribution in [-0.2, 0) is 20.7 Å². The average molecular weight is 732 g/mol. The van der Waals surface area contributed by atoms with Gasteiger partial charge in [-0.25, -0.2) is 4.79 Å². The molecule has 1 aromatic heterocycles. The maximum absolute atomic E-state index is 13.8. The molecule has 12 heteroatoms. The summed E-state index contributed by atoms with van der Waals surface area (Å²) in [4.78, 5) is 42.2. The Kier molecular flexibility index (Phi) is 11.1. The number of ether oxygens (including phenoxy) is 3. The minimum Gasteiger partial charge on any atom is -0.497 e. The SMILES string of the molecule is COc1cc(OC)cc(-c2cc(CCCNC(=O)[C@@H](NC(=O)OC(C)(C)C)c3ccccc3)c(/C=C3\SC(=S)N(C4CC5CCC4C5)C3=O)o2)c1. The molecule has 51 heavy (non-hydrogen) atoms. The van der Waals surface area contributed by atoms with E-state index in [1.807, 2.05) is 41.3 Å². The third kappa shape index (κ3) is 8.61. The van der Waals surface area contributed by atoms with Crippen LogP contribution < -0.4 is 20.1 Å². The maximum atomic E-state index is 13.8. The zero-order valence-corrected chi connectivity index (χ0v) is 31.3. The standard InChI is InChI=1S/C39H45N3O7S2/c1-39(2,3)49-37(45)41-34(24-10-7-6-8-11-24)35(43)40-15-9-12-26-20-31(27-18-28(46-4)21-29(19-27)47-5)48-32(26)22-33-36(44)42(38(50)51-33)30-17-23-13-14-25(30)16-23/h6-8,10-11,18-23,25,30,34H,9,12-17H2,1-5H3,(H,40,43)(H,41,45)/b33-22-/t23?,25?,30?,34-/m0/s1. The number of hydrogen-bond acceptors (Lipinski definition) is 9. The number of carbonyl (C=O) groups is 3. The largest absolute Gasteiger partial charge is 0.497 e. The number of methoxy groups -OCH3 is 2. The number of thiocarbonyl (C=S) groups is 1. The molecular weight excluding hydrogens is 687 g/mol. The summed E-state index contributed by atoms with van der Waals surface area (Å²) < 4.78 is 23.5. The minimum absolute atomic E-state index is 0.0637. The fourth-order valence-corrected chi connectivity index (χ4v) is 8.57. The number of nitrogens with zero attached hydrogens (tertiary/aromatic N) is 1. The third-order valence-electron chi connectivity index (χ3n) is 9.57. The lowest BCUT2D eigenvalue weighted by Crippen LogP contribution is -2.42. The van der Waals surface area contributed by atoms with Crippen molar-refractivity contribution < 1.29 is 33.0 Å². The molecular formula is C39H45N3O7S2. The van der Waals surface area contributed by atoms with Crippen LogP contribution in [0.4, 0.5) is 4.79 Å². The van der Waals surface area contributed by atoms with Crippen LogP contribution in [0.15, 0.2) is 63.9 Å². The summed E-state index contributed by atoms with van der Waals surface area (Å²) in [5, 5.41) is 5.69. The number of amides is 3. The Morgan fingerprint density at radius 1 is 1.06 bits per heavy atom. The molecule has 0 radical (unpaired) electrons. The third-order valence-corrected chi connectivity index (χ3v) is 10.9. The number of fused-ring (bicyclic) bond motifs is 2. The first-order valence-corrected chi connectivity index (χ1v) is 18.6. The molecule has 6 rings (SSSR count). The first-order chi connectivity index (χ1) is 24.4. The molecule has 270 valence electrons. The van der Waals surface area contributed by atoms with Crippen LogP contribution in [0, 0.1) is 11.8 Å². The normalized spacial score (nSPS) is 21.2. The summed E-state index contributed by atoms with van der Waals surface area (Å²) in [6, 6.07) is 15.8. The second-order valence-corrected chi connectivity index (χ2v) is 16.0. The Morgan fingerprint density at radius 3 is 2.41 bits per heavy atom. The van der Waals surface area contributed by atoms with Gasteiger partial charge < -0.3 is 29.3 Å². The summed E-state index contributed by atoms with van der Waals surface area (Å²) in [5.41, 5.74) is 1.56. The van der Waals surface area contributed by atoms with E-state index in [4.69, 9.17) is 30.8 Å². The number of benzene rings is 2. The van der Waals surface area contributed by atoms with Gasteiger partial charge in [0, 0.05) is 30.3 Å². The average Bonchev–Trinajstić information content (AvgIpc) is 3.89. The highest BCUT2D eigenvalue weighted by Crippen LogP contribution is 2.49. The van der Waals surface area contributed by atoms with Gasteiger partial charge in [-0.15, -0.1) is 0 Å². The van der Waals surface area contributed by atoms with Crippen molar-refractivity contribution in [3.05, 3.63) is 76.4 Å². The molecule has 2 saturated carbocycles. The smallest absolute Gasteiger partial charge is 0.408 e. The van der Waals surface area contributed by atoms with Crippen molar-refractivity contribution in [3.8, 4) is 22.8 Å². The van der Waals surface area contributed by atoms with Crippen molar-refractivity contribution >= 4 is 52.3 Å². The van der Waals surface area contributed by atoms with Gasteiger partial charge in [-0.05, 0) is 94.0 Å². The first kappa shape index (κ1) is 36.5. The molecule has 3 aliphatic rings. The Labute approximate surface area is 308 Å². The molecule has 1 saturated heterocycles. The molecule has 2 aromatic carbocycles. The van der Waals surface area contributed by atoms with Crippen LogP contribution in [0.1, 0.15) is 75.8 Å². The lowest BCUT2D eigenvalue weighted by Gasteiger charge is -2.30. The van der Waals surface area contributed by atoms with Crippen LogP contribution in [0.2, 0.25) is 0 Å². The van der Waals surface area contributed by atoms with Gasteiger partial charge in [0.1, 0.15) is 39.0 Å². The monoisotopic (exact) mass is 731 g/mol. The zero-order chi connectivity index (χ0) is 36.3. The van der Waals surface area contributed by atoms with Crippen LogP contribution in [0.5, 0.6) is 11.5 Å². The van der Waals surface area contributed by atoms with Gasteiger partial charge in [-0.3, -0.25) is 14.5 Å². The highest BCUT2D eigenvalue weighted by atomic mass is 32.2. The van der Waals surface area contributed by atoms with E-state index in [9.17, 15) is 14.4 Å². The number of carbonyl (C=O) groups excluding carboxylic acids is 3. The lowest BCUT2D eigenvalue weighted by atomic mass is 9.94. The molecule has 2 heterocycles. The Hall–Kier alpha value is -4.29. The number of furan rings is 1. The van der Waals surface area contributed by atoms with E-state index in [2.05, 4.69) is 10.6 Å². The van der Waals surface area contributed by atoms with Crippen LogP contribution in [-0.4, -0.2) is 59.5 Å². The Balaban J connectivity index is 1.20. The van der Waals surface area contributed by atoms with E-state index in [1.165, 1.54) is 24.6 Å². The van der Waals surface area contributed by atoms with Gasteiger partial charge in [-0.2, -0.15) is 0 Å². The summed E-state index contributed by atoms with van der Waals surface area (Å²) >= 11 is 7.07. The zero-order valence-electron chi connectivity index (χ0n) is 29.7. The molecule has 2 N–H and O–H groups in total. The summed E-state index contributed by atoms with van der Waals surface area (Å²) in [5.74, 6) is 3.16. The molecule has 1 aliphatic heterocycles. The number of thioether (sulfide) groups is 1. The molecule has 3 fully saturated rings. The van der Waals surface area contributed by atoms with Crippen molar-refractivity contribution in [1.29, 1.82) is 0 Å². The van der Waals surface area contributed by atoms with Crippen molar-refractivity contribution in [2.45, 2.75) is 77.0 Å². The number of rotatable bonds is 12. The minimum atomic E-state index is -0.933. The van der Waals surface area contributed by atoms with Gasteiger partial charge in [0.15, 0.2) is 0 Å². The lowest BCUT2D eigenvalue weighted by molar-refractivity contribution is -0.124. The van der Waals surface area contributed by atoms with Crippen LogP contribution in [0.3, 0.4) is 0 Å². The van der Waals surface area contributed by atoms with Gasteiger partial charge in [0.2, 0.25) is 5.91 Å². The number of hydrogen-bond donors (Lipinski definition) is 2. The summed E-state index contributed by atoms with van der Waals surface area (Å²) in [6.07, 6.45) is 6.82. The fraction of sp³-hybridized carbons (Fsp3) is 0.436. The Bertz CT molecular complexity index is 1790. The number of aryl methyl sites for hydroxylation is 1. The second-order valence-electron chi connectivity index (χ2n) is 14.3. The van der Waals surface area contributed by atoms with Crippen molar-refractivity contribution in [2.75, 3.05) is 20.8 Å². The van der Waals surface area contributed by atoms with Gasteiger partial charge in [0.25, 0.3) is 5.91 Å². The maximum Gasteiger partial charge on any atom is 0.408 e. The highest BCUT2D eigenvalue weighted by Gasteiger charge is 2.48. The molecule has 3 aromatic rings. The quantitative estimate of drug-likeness (QED) is 0.110. The summed E-state index contributed by atoms with van der Waals surface area (Å²) in [7, 11) is 3.19. The number of nitrogens with one attached hydrogen (secondary N) is 2. The van der Waals surface area contributed by atoms with E-state index >= 15 is 0 Å². The van der Waals surface area contributed by atoms with Crippen molar-refractivity contribution in [3.63, 3.8) is 0 Å². The van der Waals surface area contributed by atoms with Gasteiger partial charge in [0.05, 0.1) is 19.1 Å². The van der Waals surface area contributed by atoms with E-state index in [0.717, 1.165) is 24.0 Å². The molecule has 3 unspecified atom stereocenters. The van der Waals surface area contributed by atoms with Crippen LogP contribution in [0.25, 0.3) is 17.4 Å². The Morgan fingerprint density at radius 2 is 1.78 bits per heavy atom. The van der Waals surface area contributed by atoms with Crippen molar-refractivity contribution in [1.82, 2.24) is 15.5 Å². The predicted octanol–water partition coefficient (Wildman–Crippen LogP) is 7.67. The molecule has 4 atom stereocenters. The van der Waals surface area contributed by atoms with Crippen LogP contribution >= 0.6 is 24.0 Å². The fourth-order valence-electron chi connectivity index (χ4n) is 7.23.